The summed E-state index contributed by atoms with van der Waals surface area (Å²) in [7, 11) is 3.51. The molecule has 1 fully saturated rings. The van der Waals surface area contributed by atoms with E-state index >= 15 is 0 Å². The molecule has 0 aliphatic carbocycles. The number of nitrogens with zero attached hydrogens (tertiary/aromatic N) is 3. The summed E-state index contributed by atoms with van der Waals surface area (Å²) in [6.45, 7) is 6.21. The number of carbonyl (C=O) groups excluding carboxylic acids is 2. The number of fused-ring (bicyclic) bond motifs is 1. The Labute approximate surface area is 188 Å². The SMILES string of the molecule is CCCNC(=O)c1nn(C)c2c1COC1(CCN(C(=O)c3cccc(OC)c3C)CC1)C2. The van der Waals surface area contributed by atoms with Gasteiger partial charge in [0.05, 0.1) is 19.3 Å². The van der Waals surface area contributed by atoms with E-state index in [1.807, 2.05) is 48.7 Å². The molecule has 8 nitrogen and oxygen atoms in total. The van der Waals surface area contributed by atoms with E-state index in [1.54, 1.807) is 7.11 Å². The van der Waals surface area contributed by atoms with E-state index in [9.17, 15) is 9.59 Å². The molecule has 1 spiro atoms. The number of amides is 2. The molecule has 0 bridgehead atoms. The predicted molar refractivity (Wildman–Crippen MR) is 120 cm³/mol. The van der Waals surface area contributed by atoms with Gasteiger partial charge in [0.15, 0.2) is 5.69 Å². The van der Waals surface area contributed by atoms with Crippen molar-refractivity contribution in [2.24, 2.45) is 7.05 Å². The Balaban J connectivity index is 1.46. The molecular weight excluding hydrogens is 408 g/mol. The molecule has 0 atom stereocenters. The van der Waals surface area contributed by atoms with Crippen LogP contribution in [0.25, 0.3) is 0 Å². The zero-order chi connectivity index (χ0) is 22.9. The molecule has 172 valence electrons. The van der Waals surface area contributed by atoms with Crippen molar-refractivity contribution in [3.8, 4) is 5.75 Å². The van der Waals surface area contributed by atoms with Gasteiger partial charge in [-0.1, -0.05) is 13.0 Å². The van der Waals surface area contributed by atoms with E-state index < -0.39 is 0 Å². The van der Waals surface area contributed by atoms with Gasteiger partial charge in [0.2, 0.25) is 0 Å². The van der Waals surface area contributed by atoms with Crippen LogP contribution in [0.15, 0.2) is 18.2 Å². The highest BCUT2D eigenvalue weighted by molar-refractivity contribution is 5.96. The molecule has 3 heterocycles. The van der Waals surface area contributed by atoms with Crippen molar-refractivity contribution in [1.82, 2.24) is 20.0 Å². The summed E-state index contributed by atoms with van der Waals surface area (Å²) < 4.78 is 13.5. The summed E-state index contributed by atoms with van der Waals surface area (Å²) in [5.41, 5.74) is 3.63. The van der Waals surface area contributed by atoms with Gasteiger partial charge in [-0.3, -0.25) is 14.3 Å². The molecule has 1 saturated heterocycles. The van der Waals surface area contributed by atoms with Crippen LogP contribution in [0.4, 0.5) is 0 Å². The van der Waals surface area contributed by atoms with Crippen LogP contribution < -0.4 is 10.1 Å². The highest BCUT2D eigenvalue weighted by Gasteiger charge is 2.42. The van der Waals surface area contributed by atoms with E-state index in [0.29, 0.717) is 43.9 Å². The molecule has 0 unspecified atom stereocenters. The first-order chi connectivity index (χ1) is 15.4. The Bertz CT molecular complexity index is 1020. The quantitative estimate of drug-likeness (QED) is 0.773. The van der Waals surface area contributed by atoms with Crippen molar-refractivity contribution in [3.05, 3.63) is 46.3 Å². The summed E-state index contributed by atoms with van der Waals surface area (Å²) in [5.74, 6) is 0.614. The maximum absolute atomic E-state index is 13.1. The Hall–Kier alpha value is -2.87. The third kappa shape index (κ3) is 3.99. The average molecular weight is 441 g/mol. The molecule has 8 heteroatoms. The number of methoxy groups -OCH3 is 1. The normalized spacial score (nSPS) is 17.2. The lowest BCUT2D eigenvalue weighted by Gasteiger charge is -2.44. The first-order valence-electron chi connectivity index (χ1n) is 11.3. The molecule has 1 N–H and O–H groups in total. The molecule has 0 radical (unpaired) electrons. The van der Waals surface area contributed by atoms with Crippen LogP contribution in [0.3, 0.4) is 0 Å². The number of rotatable bonds is 5. The average Bonchev–Trinajstić information content (AvgIpc) is 3.13. The number of aryl methyl sites for hydroxylation is 1. The summed E-state index contributed by atoms with van der Waals surface area (Å²) in [6, 6.07) is 5.58. The summed E-state index contributed by atoms with van der Waals surface area (Å²) in [4.78, 5) is 27.5. The van der Waals surface area contributed by atoms with Crippen molar-refractivity contribution in [3.63, 3.8) is 0 Å². The topological polar surface area (TPSA) is 85.7 Å². The Morgan fingerprint density at radius 1 is 1.28 bits per heavy atom. The molecule has 0 saturated carbocycles. The first kappa shape index (κ1) is 22.3. The first-order valence-corrected chi connectivity index (χ1v) is 11.3. The predicted octanol–water partition coefficient (Wildman–Crippen LogP) is 2.62. The van der Waals surface area contributed by atoms with Gasteiger partial charge in [-0.2, -0.15) is 5.10 Å². The van der Waals surface area contributed by atoms with E-state index in [0.717, 1.165) is 41.8 Å². The van der Waals surface area contributed by atoms with Crippen LogP contribution in [0, 0.1) is 6.92 Å². The molecular formula is C24H32N4O4. The Morgan fingerprint density at radius 2 is 2.03 bits per heavy atom. The third-order valence-corrected chi connectivity index (χ3v) is 6.73. The third-order valence-electron chi connectivity index (χ3n) is 6.73. The van der Waals surface area contributed by atoms with Gasteiger partial charge >= 0.3 is 0 Å². The lowest BCUT2D eigenvalue weighted by atomic mass is 9.83. The standard InChI is InChI=1S/C24H32N4O4/c1-5-11-25-22(29)21-18-15-32-24(14-19(18)27(3)26-21)9-12-28(13-10-24)23(30)17-7-6-8-20(31-4)16(17)2/h6-8H,5,9-15H2,1-4H3,(H,25,29). The van der Waals surface area contributed by atoms with Crippen molar-refractivity contribution >= 4 is 11.8 Å². The smallest absolute Gasteiger partial charge is 0.272 e. The lowest BCUT2D eigenvalue weighted by molar-refractivity contribution is -0.0990. The van der Waals surface area contributed by atoms with Crippen LogP contribution >= 0.6 is 0 Å². The second-order valence-electron chi connectivity index (χ2n) is 8.73. The number of hydrogen-bond acceptors (Lipinski definition) is 5. The van der Waals surface area contributed by atoms with E-state index in [1.165, 1.54) is 0 Å². The number of piperidine rings is 1. The second-order valence-corrected chi connectivity index (χ2v) is 8.73. The van der Waals surface area contributed by atoms with Gasteiger partial charge in [-0.15, -0.1) is 0 Å². The molecule has 2 amide bonds. The molecule has 1 aromatic carbocycles. The summed E-state index contributed by atoms with van der Waals surface area (Å²) in [6.07, 6.45) is 3.09. The zero-order valence-electron chi connectivity index (χ0n) is 19.4. The molecule has 4 rings (SSSR count). The molecule has 2 aliphatic rings. The van der Waals surface area contributed by atoms with Gasteiger partial charge in [0.25, 0.3) is 11.8 Å². The van der Waals surface area contributed by atoms with Gasteiger partial charge in [-0.05, 0) is 38.3 Å². The molecule has 1 aromatic heterocycles. The number of nitrogens with one attached hydrogen (secondary N) is 1. The summed E-state index contributed by atoms with van der Waals surface area (Å²) >= 11 is 0. The van der Waals surface area contributed by atoms with Crippen molar-refractivity contribution in [1.29, 1.82) is 0 Å². The fourth-order valence-corrected chi connectivity index (χ4v) is 4.74. The highest BCUT2D eigenvalue weighted by atomic mass is 16.5. The minimum Gasteiger partial charge on any atom is -0.496 e. The molecule has 2 aliphatic heterocycles. The van der Waals surface area contributed by atoms with E-state index in [4.69, 9.17) is 9.47 Å². The molecule has 32 heavy (non-hydrogen) atoms. The number of likely N-dealkylation sites (tertiary alicyclic amines) is 1. The number of aromatic nitrogens is 2. The Morgan fingerprint density at radius 3 is 2.72 bits per heavy atom. The molecule has 2 aromatic rings. The van der Waals surface area contributed by atoms with Crippen LogP contribution in [-0.2, 0) is 24.8 Å². The number of carbonyl (C=O) groups is 2. The van der Waals surface area contributed by atoms with Gasteiger partial charge < -0.3 is 19.7 Å². The number of benzene rings is 1. The van der Waals surface area contributed by atoms with Gasteiger partial charge in [-0.25, -0.2) is 0 Å². The van der Waals surface area contributed by atoms with Crippen molar-refractivity contribution in [2.45, 2.75) is 51.7 Å². The van der Waals surface area contributed by atoms with Crippen LogP contribution in [0.1, 0.15) is 63.9 Å². The van der Waals surface area contributed by atoms with Crippen LogP contribution in [0.5, 0.6) is 5.75 Å². The second kappa shape index (κ2) is 8.94. The zero-order valence-corrected chi connectivity index (χ0v) is 19.4. The van der Waals surface area contributed by atoms with E-state index in [2.05, 4.69) is 10.4 Å². The van der Waals surface area contributed by atoms with Crippen LogP contribution in [0.2, 0.25) is 0 Å². The lowest BCUT2D eigenvalue weighted by Crippen LogP contribution is -2.50. The van der Waals surface area contributed by atoms with Crippen LogP contribution in [-0.4, -0.2) is 58.8 Å². The minimum absolute atomic E-state index is 0.0307. The maximum atomic E-state index is 13.1. The number of ether oxygens (including phenoxy) is 2. The van der Waals surface area contributed by atoms with Gasteiger partial charge in [0, 0.05) is 55.5 Å². The fraction of sp³-hybridized carbons (Fsp3) is 0.542. The monoisotopic (exact) mass is 440 g/mol. The maximum Gasteiger partial charge on any atom is 0.272 e. The van der Waals surface area contributed by atoms with E-state index in [-0.39, 0.29) is 17.4 Å². The number of hydrogen-bond donors (Lipinski definition) is 1. The largest absolute Gasteiger partial charge is 0.496 e. The minimum atomic E-state index is -0.321. The van der Waals surface area contributed by atoms with Crippen molar-refractivity contribution < 1.29 is 19.1 Å². The highest BCUT2D eigenvalue weighted by Crippen LogP contribution is 2.37. The van der Waals surface area contributed by atoms with Crippen molar-refractivity contribution in [2.75, 3.05) is 26.7 Å². The van der Waals surface area contributed by atoms with Gasteiger partial charge in [0.1, 0.15) is 5.75 Å². The Kier molecular flexibility index (Phi) is 6.24. The summed E-state index contributed by atoms with van der Waals surface area (Å²) in [5, 5.41) is 7.39. The fourth-order valence-electron chi connectivity index (χ4n) is 4.74.